The average Bonchev–Trinajstić information content (AvgIpc) is 2.91. The van der Waals surface area contributed by atoms with Gasteiger partial charge in [0.25, 0.3) is 0 Å². The highest BCUT2D eigenvalue weighted by Gasteiger charge is 2.48. The number of nitrogens with zero attached hydrogens (tertiary/aromatic N) is 2. The van der Waals surface area contributed by atoms with Crippen molar-refractivity contribution >= 4 is 11.1 Å². The van der Waals surface area contributed by atoms with Crippen LogP contribution in [0.15, 0.2) is 90.6 Å². The van der Waals surface area contributed by atoms with Crippen molar-refractivity contribution in [3.63, 3.8) is 0 Å². The molecule has 4 rings (SSSR count). The minimum Gasteiger partial charge on any atom is -0.196 e. The lowest BCUT2D eigenvalue weighted by molar-refractivity contribution is 0.579. The summed E-state index contributed by atoms with van der Waals surface area (Å²) in [4.78, 5) is 0. The molecule has 0 N–H and O–H groups in total. The summed E-state index contributed by atoms with van der Waals surface area (Å²) in [6, 6.07) is 22.0. The van der Waals surface area contributed by atoms with E-state index in [4.69, 9.17) is 6.42 Å². The Morgan fingerprint density at radius 3 is 2.25 bits per heavy atom. The molecule has 0 spiro atoms. The largest absolute Gasteiger partial charge is 0.196 e. The first kappa shape index (κ1) is 17.4. The molecule has 1 atom stereocenters. The van der Waals surface area contributed by atoms with E-state index in [1.165, 1.54) is 0 Å². The van der Waals surface area contributed by atoms with E-state index in [9.17, 15) is 10.5 Å². The Balaban J connectivity index is 1.84. The average molecular weight is 356 g/mol. The van der Waals surface area contributed by atoms with Gasteiger partial charge in [-0.15, -0.1) is 6.42 Å². The van der Waals surface area contributed by atoms with Crippen molar-refractivity contribution in [3.8, 4) is 24.5 Å². The van der Waals surface area contributed by atoms with E-state index >= 15 is 0 Å². The fourth-order valence-electron chi connectivity index (χ4n) is 3.82. The van der Waals surface area contributed by atoms with Crippen LogP contribution in [0.2, 0.25) is 0 Å². The first-order valence-electron chi connectivity index (χ1n) is 8.99. The van der Waals surface area contributed by atoms with E-state index in [-0.39, 0.29) is 5.92 Å². The first-order valence-corrected chi connectivity index (χ1v) is 8.99. The summed E-state index contributed by atoms with van der Waals surface area (Å²) in [5.41, 5.74) is 4.15. The molecule has 0 saturated heterocycles. The lowest BCUT2D eigenvalue weighted by Crippen LogP contribution is -2.24. The molecule has 28 heavy (non-hydrogen) atoms. The quantitative estimate of drug-likeness (QED) is 0.686. The molecule has 2 aromatic carbocycles. The number of fused-ring (bicyclic) bond motifs is 1. The highest BCUT2D eigenvalue weighted by molar-refractivity contribution is 5.86. The summed E-state index contributed by atoms with van der Waals surface area (Å²) in [6.07, 6.45) is 15.4. The standard InChI is InChI=1S/C26H16N2/c1-2-19-11-13-20(14-12-19)22-9-6-10-23-16-24(21-7-4-3-5-8-21)26(17-27,18-28)25(23)15-22/h1,3-16,25H. The van der Waals surface area contributed by atoms with Gasteiger partial charge in [-0.1, -0.05) is 78.8 Å². The van der Waals surface area contributed by atoms with Crippen molar-refractivity contribution in [2.45, 2.75) is 0 Å². The molecule has 0 saturated carbocycles. The lowest BCUT2D eigenvalue weighted by Gasteiger charge is -2.24. The van der Waals surface area contributed by atoms with Crippen molar-refractivity contribution in [1.29, 1.82) is 10.5 Å². The molecule has 0 bridgehead atoms. The molecular formula is C26H16N2. The fraction of sp³-hybridized carbons (Fsp3) is 0.0769. The zero-order valence-electron chi connectivity index (χ0n) is 15.1. The molecule has 0 aliphatic heterocycles. The van der Waals surface area contributed by atoms with Crippen LogP contribution in [0.25, 0.3) is 11.1 Å². The van der Waals surface area contributed by atoms with Crippen LogP contribution < -0.4 is 0 Å². The first-order chi connectivity index (χ1) is 13.7. The van der Waals surface area contributed by atoms with E-state index in [1.54, 1.807) is 0 Å². The van der Waals surface area contributed by atoms with E-state index in [1.807, 2.05) is 85.0 Å². The van der Waals surface area contributed by atoms with Gasteiger partial charge in [-0.05, 0) is 40.0 Å². The minimum absolute atomic E-state index is 0.338. The summed E-state index contributed by atoms with van der Waals surface area (Å²) in [7, 11) is 0. The zero-order chi connectivity index (χ0) is 19.6. The van der Waals surface area contributed by atoms with E-state index in [0.717, 1.165) is 33.4 Å². The van der Waals surface area contributed by atoms with Crippen LogP contribution in [0.1, 0.15) is 16.7 Å². The molecule has 2 aliphatic rings. The van der Waals surface area contributed by atoms with Crippen LogP contribution in [0, 0.1) is 46.3 Å². The Morgan fingerprint density at radius 1 is 0.893 bits per heavy atom. The molecule has 0 radical (unpaired) electrons. The molecule has 2 aromatic rings. The lowest BCUT2D eigenvalue weighted by atomic mass is 9.72. The Morgan fingerprint density at radius 2 is 1.61 bits per heavy atom. The van der Waals surface area contributed by atoms with Crippen molar-refractivity contribution < 1.29 is 0 Å². The maximum Gasteiger partial charge on any atom is 0.179 e. The maximum atomic E-state index is 10.1. The van der Waals surface area contributed by atoms with Crippen LogP contribution in [0.4, 0.5) is 0 Å². The van der Waals surface area contributed by atoms with Crippen LogP contribution >= 0.6 is 0 Å². The van der Waals surface area contributed by atoms with E-state index < -0.39 is 5.41 Å². The molecule has 130 valence electrons. The Bertz CT molecular complexity index is 1150. The van der Waals surface area contributed by atoms with E-state index in [0.29, 0.717) is 0 Å². The smallest absolute Gasteiger partial charge is 0.179 e. The van der Waals surface area contributed by atoms with Gasteiger partial charge in [0.15, 0.2) is 5.41 Å². The molecule has 0 heterocycles. The molecule has 2 heteroatoms. The molecule has 2 aliphatic carbocycles. The summed E-state index contributed by atoms with van der Waals surface area (Å²) in [6.45, 7) is 0. The van der Waals surface area contributed by atoms with Crippen molar-refractivity contribution in [2.24, 2.45) is 11.3 Å². The maximum absolute atomic E-state index is 10.1. The zero-order valence-corrected chi connectivity index (χ0v) is 15.1. The summed E-state index contributed by atoms with van der Waals surface area (Å²) < 4.78 is 0. The van der Waals surface area contributed by atoms with Gasteiger partial charge in [0.1, 0.15) is 0 Å². The topological polar surface area (TPSA) is 47.6 Å². The summed E-state index contributed by atoms with van der Waals surface area (Å²) >= 11 is 0. The molecule has 0 fully saturated rings. The molecule has 2 nitrogen and oxygen atoms in total. The second-order valence-corrected chi connectivity index (χ2v) is 6.80. The number of hydrogen-bond donors (Lipinski definition) is 0. The van der Waals surface area contributed by atoms with Crippen LogP contribution in [0.5, 0.6) is 0 Å². The molecule has 0 aromatic heterocycles. The van der Waals surface area contributed by atoms with Crippen molar-refractivity contribution in [2.75, 3.05) is 0 Å². The molecule has 0 amide bonds. The third kappa shape index (κ3) is 2.68. The van der Waals surface area contributed by atoms with Crippen LogP contribution in [0.3, 0.4) is 0 Å². The summed E-state index contributed by atoms with van der Waals surface area (Å²) in [5, 5.41) is 20.2. The Kier molecular flexibility index (Phi) is 4.29. The number of nitriles is 2. The van der Waals surface area contributed by atoms with Crippen molar-refractivity contribution in [3.05, 3.63) is 107 Å². The van der Waals surface area contributed by atoms with Gasteiger partial charge in [0.2, 0.25) is 0 Å². The predicted octanol–water partition coefficient (Wildman–Crippen LogP) is 5.29. The monoisotopic (exact) mass is 356 g/mol. The van der Waals surface area contributed by atoms with Crippen molar-refractivity contribution in [1.82, 2.24) is 0 Å². The van der Waals surface area contributed by atoms with Gasteiger partial charge >= 0.3 is 0 Å². The third-order valence-corrected chi connectivity index (χ3v) is 5.29. The molecule has 1 unspecified atom stereocenters. The van der Waals surface area contributed by atoms with Gasteiger partial charge in [0.05, 0.1) is 12.1 Å². The molecular weight excluding hydrogens is 340 g/mol. The minimum atomic E-state index is -1.26. The number of terminal acetylenes is 1. The van der Waals surface area contributed by atoms with Crippen LogP contribution in [-0.2, 0) is 0 Å². The SMILES string of the molecule is C#Cc1ccc(C2=CC3C(=CC=C2)C=C(c2ccccc2)C3(C#N)C#N)cc1. The highest BCUT2D eigenvalue weighted by Crippen LogP contribution is 2.52. The number of rotatable bonds is 2. The van der Waals surface area contributed by atoms with Crippen LogP contribution in [-0.4, -0.2) is 0 Å². The summed E-state index contributed by atoms with van der Waals surface area (Å²) in [5.74, 6) is 2.28. The number of hydrogen-bond acceptors (Lipinski definition) is 2. The van der Waals surface area contributed by atoms with Gasteiger partial charge < -0.3 is 0 Å². The normalized spacial score (nSPS) is 19.0. The predicted molar refractivity (Wildman–Crippen MR) is 111 cm³/mol. The number of benzene rings is 2. The third-order valence-electron chi connectivity index (χ3n) is 5.29. The highest BCUT2D eigenvalue weighted by atomic mass is 14.5. The van der Waals surface area contributed by atoms with Gasteiger partial charge in [-0.2, -0.15) is 10.5 Å². The van der Waals surface area contributed by atoms with Gasteiger partial charge in [-0.25, -0.2) is 0 Å². The van der Waals surface area contributed by atoms with Gasteiger partial charge in [0, 0.05) is 11.5 Å². The fourth-order valence-corrected chi connectivity index (χ4v) is 3.82. The van der Waals surface area contributed by atoms with E-state index in [2.05, 4.69) is 18.1 Å². The number of allylic oxidation sites excluding steroid dienone is 8. The Labute approximate surface area is 165 Å². The second kappa shape index (κ2) is 6.92. The Hall–Kier alpha value is -4.06. The second-order valence-electron chi connectivity index (χ2n) is 6.80. The van der Waals surface area contributed by atoms with Gasteiger partial charge in [-0.3, -0.25) is 0 Å².